The van der Waals surface area contributed by atoms with E-state index in [0.717, 1.165) is 38.7 Å². The Kier molecular flexibility index (Phi) is 9.58. The number of aliphatic imine (C=N–C) groups is 1. The summed E-state index contributed by atoms with van der Waals surface area (Å²) < 4.78 is 32.1. The lowest BCUT2D eigenvalue weighted by atomic mass is 9.83. The van der Waals surface area contributed by atoms with Gasteiger partial charge >= 0.3 is 0 Å². The zero-order valence-corrected chi connectivity index (χ0v) is 19.7. The molecule has 7 nitrogen and oxygen atoms in total. The number of hydrogen-bond donors (Lipinski definition) is 2. The molecule has 0 radical (unpaired) electrons. The molecule has 1 aliphatic carbocycles. The second-order valence-corrected chi connectivity index (χ2v) is 10.2. The van der Waals surface area contributed by atoms with E-state index in [2.05, 4.69) is 15.6 Å². The maximum Gasteiger partial charge on any atom is 0.242 e. The lowest BCUT2D eigenvalue weighted by Gasteiger charge is -2.30. The molecule has 0 heterocycles. The Bertz CT molecular complexity index is 787. The van der Waals surface area contributed by atoms with Crippen LogP contribution in [0.2, 0.25) is 0 Å². The van der Waals surface area contributed by atoms with Gasteiger partial charge in [-0.05, 0) is 50.2 Å². The van der Waals surface area contributed by atoms with Gasteiger partial charge in [0.25, 0.3) is 0 Å². The zero-order valence-electron chi connectivity index (χ0n) is 18.9. The molecule has 1 aromatic rings. The van der Waals surface area contributed by atoms with Crippen molar-refractivity contribution in [2.75, 3.05) is 40.4 Å². The maximum absolute atomic E-state index is 12.6. The monoisotopic (exact) mass is 438 g/mol. The van der Waals surface area contributed by atoms with Crippen LogP contribution in [0.1, 0.15) is 51.5 Å². The van der Waals surface area contributed by atoms with Gasteiger partial charge < -0.3 is 15.4 Å². The fourth-order valence-electron chi connectivity index (χ4n) is 3.93. The van der Waals surface area contributed by atoms with E-state index < -0.39 is 10.0 Å². The van der Waals surface area contributed by atoms with Crippen LogP contribution in [0, 0.1) is 5.41 Å². The molecule has 30 heavy (non-hydrogen) atoms. The van der Waals surface area contributed by atoms with Crippen LogP contribution in [-0.2, 0) is 21.3 Å². The van der Waals surface area contributed by atoms with Gasteiger partial charge in [-0.1, -0.05) is 31.0 Å². The predicted octanol–water partition coefficient (Wildman–Crippen LogP) is 2.98. The molecule has 8 heteroatoms. The average molecular weight is 439 g/mol. The number of guanidine groups is 1. The van der Waals surface area contributed by atoms with Crippen LogP contribution in [0.15, 0.2) is 34.2 Å². The standard InChI is InChI=1S/C22H38N4O3S/c1-5-23-21(25-18-22(13-9-10-14-22)15-16-29-6-2)24-17-19-11-7-8-12-20(19)30(27,28)26(3)4/h7-8,11-12H,5-6,9-10,13-18H2,1-4H3,(H2,23,24,25). The molecule has 0 spiro atoms. The third-order valence-corrected chi connectivity index (χ3v) is 7.67. The molecule has 170 valence electrons. The first-order valence-corrected chi connectivity index (χ1v) is 12.4. The van der Waals surface area contributed by atoms with Gasteiger partial charge in [-0.2, -0.15) is 0 Å². The van der Waals surface area contributed by atoms with Crippen molar-refractivity contribution in [1.29, 1.82) is 0 Å². The molecule has 1 fully saturated rings. The van der Waals surface area contributed by atoms with Crippen molar-refractivity contribution in [2.45, 2.75) is 57.4 Å². The van der Waals surface area contributed by atoms with Crippen LogP contribution in [0.5, 0.6) is 0 Å². The molecule has 0 bridgehead atoms. The first-order chi connectivity index (χ1) is 14.3. The van der Waals surface area contributed by atoms with E-state index in [1.165, 1.54) is 30.0 Å². The molecule has 0 aliphatic heterocycles. The molecule has 2 rings (SSSR count). The number of ether oxygens (including phenoxy) is 1. The molecule has 1 saturated carbocycles. The van der Waals surface area contributed by atoms with Gasteiger partial charge in [0, 0.05) is 40.4 Å². The quantitative estimate of drug-likeness (QED) is 0.315. The lowest BCUT2D eigenvalue weighted by molar-refractivity contribution is 0.105. The molecule has 0 amide bonds. The van der Waals surface area contributed by atoms with Gasteiger partial charge in [0.15, 0.2) is 5.96 Å². The molecule has 1 aromatic carbocycles. The van der Waals surface area contributed by atoms with Crippen molar-refractivity contribution < 1.29 is 13.2 Å². The van der Waals surface area contributed by atoms with E-state index in [1.54, 1.807) is 26.2 Å². The zero-order chi connectivity index (χ0) is 22.0. The number of rotatable bonds is 11. The SMILES string of the molecule is CCNC(=NCc1ccccc1S(=O)(=O)N(C)C)NCC1(CCOCC)CCCC1. The minimum atomic E-state index is -3.51. The smallest absolute Gasteiger partial charge is 0.242 e. The Labute approximate surface area is 182 Å². The maximum atomic E-state index is 12.6. The Morgan fingerprint density at radius 3 is 2.50 bits per heavy atom. The lowest BCUT2D eigenvalue weighted by Crippen LogP contribution is -2.43. The van der Waals surface area contributed by atoms with E-state index in [4.69, 9.17) is 4.74 Å². The van der Waals surface area contributed by atoms with Gasteiger partial charge in [-0.25, -0.2) is 17.7 Å². The van der Waals surface area contributed by atoms with Crippen LogP contribution in [0.4, 0.5) is 0 Å². The normalized spacial score (nSPS) is 16.8. The van der Waals surface area contributed by atoms with Gasteiger partial charge in [-0.3, -0.25) is 0 Å². The Morgan fingerprint density at radius 1 is 1.17 bits per heavy atom. The van der Waals surface area contributed by atoms with Crippen molar-refractivity contribution in [3.63, 3.8) is 0 Å². The summed E-state index contributed by atoms with van der Waals surface area (Å²) in [5, 5.41) is 6.80. The van der Waals surface area contributed by atoms with Crippen LogP contribution < -0.4 is 10.6 Å². The summed E-state index contributed by atoms with van der Waals surface area (Å²) in [6.07, 6.45) is 5.98. The van der Waals surface area contributed by atoms with Crippen molar-refractivity contribution in [3.8, 4) is 0 Å². The van der Waals surface area contributed by atoms with Crippen LogP contribution in [0.25, 0.3) is 0 Å². The second-order valence-electron chi connectivity index (χ2n) is 8.10. The van der Waals surface area contributed by atoms with Crippen LogP contribution in [0.3, 0.4) is 0 Å². The van der Waals surface area contributed by atoms with Crippen LogP contribution in [-0.4, -0.2) is 59.1 Å². The van der Waals surface area contributed by atoms with E-state index in [9.17, 15) is 8.42 Å². The summed E-state index contributed by atoms with van der Waals surface area (Å²) in [5.41, 5.74) is 0.938. The van der Waals surface area contributed by atoms with Gasteiger partial charge in [-0.15, -0.1) is 0 Å². The molecule has 0 saturated heterocycles. The number of nitrogens with one attached hydrogen (secondary N) is 2. The fourth-order valence-corrected chi connectivity index (χ4v) is 5.04. The first-order valence-electron chi connectivity index (χ1n) is 10.9. The number of hydrogen-bond acceptors (Lipinski definition) is 4. The van der Waals surface area contributed by atoms with E-state index in [-0.39, 0.29) is 5.41 Å². The van der Waals surface area contributed by atoms with E-state index in [1.807, 2.05) is 26.0 Å². The molecule has 0 atom stereocenters. The summed E-state index contributed by atoms with van der Waals surface area (Å²) in [4.78, 5) is 4.99. The van der Waals surface area contributed by atoms with Crippen molar-refractivity contribution >= 4 is 16.0 Å². The highest BCUT2D eigenvalue weighted by Crippen LogP contribution is 2.40. The molecule has 2 N–H and O–H groups in total. The average Bonchev–Trinajstić information content (AvgIpc) is 3.19. The second kappa shape index (κ2) is 11.7. The Hall–Kier alpha value is -1.64. The largest absolute Gasteiger partial charge is 0.382 e. The fraction of sp³-hybridized carbons (Fsp3) is 0.682. The van der Waals surface area contributed by atoms with Gasteiger partial charge in [0.2, 0.25) is 10.0 Å². The van der Waals surface area contributed by atoms with Crippen LogP contribution >= 0.6 is 0 Å². The van der Waals surface area contributed by atoms with E-state index in [0.29, 0.717) is 17.0 Å². The summed E-state index contributed by atoms with van der Waals surface area (Å²) in [7, 11) is -0.414. The minimum Gasteiger partial charge on any atom is -0.382 e. The molecule has 0 aromatic heterocycles. The third kappa shape index (κ3) is 6.68. The number of sulfonamides is 1. The molecule has 1 aliphatic rings. The summed E-state index contributed by atoms with van der Waals surface area (Å²) in [6, 6.07) is 7.06. The Morgan fingerprint density at radius 2 is 1.87 bits per heavy atom. The predicted molar refractivity (Wildman–Crippen MR) is 122 cm³/mol. The minimum absolute atomic E-state index is 0.248. The molecular weight excluding hydrogens is 400 g/mol. The summed E-state index contributed by atoms with van der Waals surface area (Å²) in [6.45, 7) is 7.50. The van der Waals surface area contributed by atoms with E-state index >= 15 is 0 Å². The third-order valence-electron chi connectivity index (χ3n) is 5.76. The topological polar surface area (TPSA) is 83.0 Å². The Balaban J connectivity index is 2.12. The van der Waals surface area contributed by atoms with Crippen molar-refractivity contribution in [1.82, 2.24) is 14.9 Å². The highest BCUT2D eigenvalue weighted by Gasteiger charge is 2.33. The van der Waals surface area contributed by atoms with Gasteiger partial charge in [0.05, 0.1) is 11.4 Å². The van der Waals surface area contributed by atoms with Crippen molar-refractivity contribution in [2.24, 2.45) is 10.4 Å². The number of benzene rings is 1. The molecule has 0 unspecified atom stereocenters. The van der Waals surface area contributed by atoms with Gasteiger partial charge in [0.1, 0.15) is 0 Å². The first kappa shape index (κ1) is 24.6. The highest BCUT2D eigenvalue weighted by atomic mass is 32.2. The number of nitrogens with zero attached hydrogens (tertiary/aromatic N) is 2. The van der Waals surface area contributed by atoms with Crippen molar-refractivity contribution in [3.05, 3.63) is 29.8 Å². The highest BCUT2D eigenvalue weighted by molar-refractivity contribution is 7.89. The summed E-state index contributed by atoms with van der Waals surface area (Å²) >= 11 is 0. The summed E-state index contributed by atoms with van der Waals surface area (Å²) in [5.74, 6) is 0.720. The molecular formula is C22H38N4O3S.